The maximum atomic E-state index is 11.1. The minimum absolute atomic E-state index is 0.126. The highest BCUT2D eigenvalue weighted by Gasteiger charge is 2.23. The molecule has 0 saturated heterocycles. The number of esters is 2. The second-order valence-corrected chi connectivity index (χ2v) is 4.18. The van der Waals surface area contributed by atoms with Crippen molar-refractivity contribution in [2.45, 2.75) is 31.9 Å². The molecule has 7 nitrogen and oxygen atoms in total. The number of methoxy groups -OCH3 is 2. The highest BCUT2D eigenvalue weighted by molar-refractivity contribution is 5.70. The first-order valence-electron chi connectivity index (χ1n) is 6.12. The molecule has 0 aliphatic carbocycles. The molecule has 0 radical (unpaired) electrons. The minimum Gasteiger partial charge on any atom is -0.469 e. The average Bonchev–Trinajstić information content (AvgIpc) is 2.40. The molecule has 0 fully saturated rings. The standard InChI is InChI=1S/C12H23NO6/c1-9(15)10(8-14)13(6-4-11(16)18-2)7-5-12(17)19-3/h9-10,14-15H,4-8H2,1-3H3/t9-,10-/m1/s1. The van der Waals surface area contributed by atoms with Crippen molar-refractivity contribution >= 4 is 11.9 Å². The Morgan fingerprint density at radius 3 is 1.79 bits per heavy atom. The molecule has 0 bridgehead atoms. The van der Waals surface area contributed by atoms with E-state index in [1.54, 1.807) is 11.8 Å². The Morgan fingerprint density at radius 2 is 1.53 bits per heavy atom. The van der Waals surface area contributed by atoms with Crippen molar-refractivity contribution in [2.75, 3.05) is 33.9 Å². The summed E-state index contributed by atoms with van der Waals surface area (Å²) in [5, 5.41) is 18.9. The van der Waals surface area contributed by atoms with E-state index < -0.39 is 12.1 Å². The summed E-state index contributed by atoms with van der Waals surface area (Å²) in [6, 6.07) is -0.533. The number of carbonyl (C=O) groups excluding carboxylic acids is 2. The fourth-order valence-corrected chi connectivity index (χ4v) is 1.69. The fourth-order valence-electron chi connectivity index (χ4n) is 1.69. The summed E-state index contributed by atoms with van der Waals surface area (Å²) < 4.78 is 9.08. The molecule has 0 aliphatic rings. The van der Waals surface area contributed by atoms with Crippen LogP contribution in [0.15, 0.2) is 0 Å². The van der Waals surface area contributed by atoms with Gasteiger partial charge in [0.1, 0.15) is 0 Å². The Morgan fingerprint density at radius 1 is 1.11 bits per heavy atom. The van der Waals surface area contributed by atoms with E-state index in [0.29, 0.717) is 13.1 Å². The highest BCUT2D eigenvalue weighted by atomic mass is 16.5. The molecule has 19 heavy (non-hydrogen) atoms. The Labute approximate surface area is 113 Å². The van der Waals surface area contributed by atoms with E-state index in [2.05, 4.69) is 9.47 Å². The van der Waals surface area contributed by atoms with Gasteiger partial charge in [-0.25, -0.2) is 0 Å². The van der Waals surface area contributed by atoms with Gasteiger partial charge >= 0.3 is 11.9 Å². The zero-order valence-electron chi connectivity index (χ0n) is 11.7. The summed E-state index contributed by atoms with van der Waals surface area (Å²) in [5.41, 5.74) is 0. The highest BCUT2D eigenvalue weighted by Crippen LogP contribution is 2.07. The van der Waals surface area contributed by atoms with Gasteiger partial charge in [-0.3, -0.25) is 14.5 Å². The molecule has 112 valence electrons. The molecule has 0 aromatic carbocycles. The van der Waals surface area contributed by atoms with Crippen LogP contribution in [0.4, 0.5) is 0 Å². The minimum atomic E-state index is -0.778. The third-order valence-corrected chi connectivity index (χ3v) is 2.87. The van der Waals surface area contributed by atoms with E-state index in [4.69, 9.17) is 0 Å². The molecule has 7 heteroatoms. The Balaban J connectivity index is 4.52. The first kappa shape index (κ1) is 17.8. The van der Waals surface area contributed by atoms with E-state index in [0.717, 1.165) is 0 Å². The van der Waals surface area contributed by atoms with Gasteiger partial charge in [-0.15, -0.1) is 0 Å². The van der Waals surface area contributed by atoms with Crippen LogP contribution in [0.5, 0.6) is 0 Å². The van der Waals surface area contributed by atoms with Crippen molar-refractivity contribution < 1.29 is 29.3 Å². The normalized spacial score (nSPS) is 14.0. The summed E-state index contributed by atoms with van der Waals surface area (Å²) in [5.74, 6) is -0.768. The SMILES string of the molecule is COC(=O)CCN(CCC(=O)OC)[C@H](CO)[C@@H](C)O. The molecule has 0 heterocycles. The lowest BCUT2D eigenvalue weighted by Crippen LogP contribution is -2.46. The summed E-state index contributed by atoms with van der Waals surface area (Å²) in [6.07, 6.45) is -0.526. The number of hydrogen-bond donors (Lipinski definition) is 2. The third-order valence-electron chi connectivity index (χ3n) is 2.87. The lowest BCUT2D eigenvalue weighted by Gasteiger charge is -2.31. The van der Waals surface area contributed by atoms with Crippen LogP contribution in [0.25, 0.3) is 0 Å². The molecule has 0 unspecified atom stereocenters. The largest absolute Gasteiger partial charge is 0.469 e. The van der Waals surface area contributed by atoms with Gasteiger partial charge in [0.05, 0.1) is 45.8 Å². The van der Waals surface area contributed by atoms with E-state index >= 15 is 0 Å². The maximum Gasteiger partial charge on any atom is 0.306 e. The zero-order valence-corrected chi connectivity index (χ0v) is 11.7. The van der Waals surface area contributed by atoms with E-state index in [-0.39, 0.29) is 31.4 Å². The van der Waals surface area contributed by atoms with Crippen molar-refractivity contribution in [3.8, 4) is 0 Å². The number of ether oxygens (including phenoxy) is 2. The van der Waals surface area contributed by atoms with Gasteiger partial charge in [-0.2, -0.15) is 0 Å². The molecular weight excluding hydrogens is 254 g/mol. The topological polar surface area (TPSA) is 96.3 Å². The van der Waals surface area contributed by atoms with Crippen molar-refractivity contribution in [3.05, 3.63) is 0 Å². The maximum absolute atomic E-state index is 11.1. The molecule has 2 N–H and O–H groups in total. The number of hydrogen-bond acceptors (Lipinski definition) is 7. The van der Waals surface area contributed by atoms with Crippen LogP contribution >= 0.6 is 0 Å². The first-order chi connectivity index (χ1) is 8.96. The first-order valence-corrected chi connectivity index (χ1v) is 6.12. The van der Waals surface area contributed by atoms with Crippen molar-refractivity contribution in [1.82, 2.24) is 4.90 Å². The predicted octanol–water partition coefficient (Wildman–Crippen LogP) is -0.844. The summed E-state index contributed by atoms with van der Waals surface area (Å²) >= 11 is 0. The van der Waals surface area contributed by atoms with Crippen LogP contribution in [-0.4, -0.2) is 73.1 Å². The molecule has 0 rings (SSSR count). The number of carbonyl (C=O) groups is 2. The van der Waals surface area contributed by atoms with Crippen molar-refractivity contribution in [3.63, 3.8) is 0 Å². The van der Waals surface area contributed by atoms with Gasteiger partial charge in [0.25, 0.3) is 0 Å². The van der Waals surface area contributed by atoms with Crippen LogP contribution < -0.4 is 0 Å². The van der Waals surface area contributed by atoms with Crippen LogP contribution in [0.1, 0.15) is 19.8 Å². The molecule has 0 amide bonds. The van der Waals surface area contributed by atoms with Gasteiger partial charge < -0.3 is 19.7 Å². The van der Waals surface area contributed by atoms with Crippen LogP contribution in [0, 0.1) is 0 Å². The lowest BCUT2D eigenvalue weighted by molar-refractivity contribution is -0.141. The Hall–Kier alpha value is -1.18. The number of aliphatic hydroxyl groups excluding tert-OH is 2. The lowest BCUT2D eigenvalue weighted by atomic mass is 10.1. The van der Waals surface area contributed by atoms with E-state index in [1.807, 2.05) is 0 Å². The van der Waals surface area contributed by atoms with E-state index in [1.165, 1.54) is 14.2 Å². The van der Waals surface area contributed by atoms with Gasteiger partial charge in [-0.05, 0) is 6.92 Å². The smallest absolute Gasteiger partial charge is 0.306 e. The molecular formula is C12H23NO6. The van der Waals surface area contributed by atoms with Crippen molar-refractivity contribution in [1.29, 1.82) is 0 Å². The van der Waals surface area contributed by atoms with Gasteiger partial charge in [0, 0.05) is 13.1 Å². The van der Waals surface area contributed by atoms with Gasteiger partial charge in [-0.1, -0.05) is 0 Å². The number of rotatable bonds is 9. The summed E-state index contributed by atoms with van der Waals surface area (Å²) in [4.78, 5) is 23.9. The second-order valence-electron chi connectivity index (χ2n) is 4.18. The molecule has 2 atom stereocenters. The van der Waals surface area contributed by atoms with Gasteiger partial charge in [0.15, 0.2) is 0 Å². The Bertz CT molecular complexity index is 261. The molecule has 0 aromatic heterocycles. The third kappa shape index (κ3) is 7.09. The van der Waals surface area contributed by atoms with Crippen LogP contribution in [0.3, 0.4) is 0 Å². The van der Waals surface area contributed by atoms with Crippen LogP contribution in [-0.2, 0) is 19.1 Å². The Kier molecular flexibility index (Phi) is 9.11. The molecule has 0 aromatic rings. The quantitative estimate of drug-likeness (QED) is 0.530. The van der Waals surface area contributed by atoms with Crippen LogP contribution in [0.2, 0.25) is 0 Å². The second kappa shape index (κ2) is 9.71. The zero-order chi connectivity index (χ0) is 14.8. The van der Waals surface area contributed by atoms with Gasteiger partial charge in [0.2, 0.25) is 0 Å². The van der Waals surface area contributed by atoms with Crippen molar-refractivity contribution in [2.24, 2.45) is 0 Å². The number of nitrogens with zero attached hydrogens (tertiary/aromatic N) is 1. The monoisotopic (exact) mass is 277 g/mol. The summed E-state index contributed by atoms with van der Waals surface area (Å²) in [6.45, 7) is 1.86. The van der Waals surface area contributed by atoms with E-state index in [9.17, 15) is 19.8 Å². The molecule has 0 aliphatic heterocycles. The molecule has 0 saturated carbocycles. The predicted molar refractivity (Wildman–Crippen MR) is 67.4 cm³/mol. The summed E-state index contributed by atoms with van der Waals surface area (Å²) in [7, 11) is 2.58. The average molecular weight is 277 g/mol. The fraction of sp³-hybridized carbons (Fsp3) is 0.833. The molecule has 0 spiro atoms. The number of aliphatic hydroxyl groups is 2.